The fourth-order valence-corrected chi connectivity index (χ4v) is 2.62. The Morgan fingerprint density at radius 2 is 2.39 bits per heavy atom. The molecule has 6 heteroatoms. The van der Waals surface area contributed by atoms with Crippen LogP contribution >= 0.6 is 11.6 Å². The summed E-state index contributed by atoms with van der Waals surface area (Å²) in [4.78, 5) is 21.6. The van der Waals surface area contributed by atoms with Gasteiger partial charge in [-0.2, -0.15) is 0 Å². The van der Waals surface area contributed by atoms with Gasteiger partial charge in [-0.3, -0.25) is 4.79 Å². The minimum atomic E-state index is -0.237. The molecule has 1 unspecified atom stereocenters. The molecule has 2 rings (SSSR count). The van der Waals surface area contributed by atoms with Gasteiger partial charge in [0.05, 0.1) is 0 Å². The number of anilines is 1. The summed E-state index contributed by atoms with van der Waals surface area (Å²) in [5.74, 6) is 1.57. The van der Waals surface area contributed by atoms with Crippen molar-refractivity contribution in [3.05, 3.63) is 17.0 Å². The molecule has 1 saturated heterocycles. The Morgan fingerprint density at radius 3 is 3.06 bits per heavy atom. The van der Waals surface area contributed by atoms with E-state index < -0.39 is 0 Å². The van der Waals surface area contributed by atoms with Gasteiger partial charge in [0, 0.05) is 25.6 Å². The van der Waals surface area contributed by atoms with Crippen LogP contribution in [-0.4, -0.2) is 29.0 Å². The first-order chi connectivity index (χ1) is 8.54. The predicted octanol–water partition coefficient (Wildman–Crippen LogP) is 1.53. The number of amides is 1. The van der Waals surface area contributed by atoms with E-state index in [0.717, 1.165) is 31.7 Å². The van der Waals surface area contributed by atoms with Gasteiger partial charge in [-0.1, -0.05) is 11.6 Å². The van der Waals surface area contributed by atoms with Crippen molar-refractivity contribution in [2.75, 3.05) is 18.0 Å². The third-order valence-electron chi connectivity index (χ3n) is 3.13. The van der Waals surface area contributed by atoms with Gasteiger partial charge in [0.15, 0.2) is 0 Å². The van der Waals surface area contributed by atoms with E-state index in [1.165, 1.54) is 0 Å². The van der Waals surface area contributed by atoms with Crippen molar-refractivity contribution in [1.29, 1.82) is 0 Å². The van der Waals surface area contributed by atoms with E-state index in [1.807, 2.05) is 6.92 Å². The number of rotatable bonds is 3. The van der Waals surface area contributed by atoms with Crippen molar-refractivity contribution in [1.82, 2.24) is 9.97 Å². The second-order valence-corrected chi connectivity index (χ2v) is 5.11. The number of carbonyl (C=O) groups is 1. The van der Waals surface area contributed by atoms with Crippen LogP contribution in [0.3, 0.4) is 0 Å². The average Bonchev–Trinajstić information content (AvgIpc) is 2.27. The maximum absolute atomic E-state index is 11.0. The van der Waals surface area contributed by atoms with Gasteiger partial charge in [0.1, 0.15) is 16.8 Å². The van der Waals surface area contributed by atoms with E-state index in [0.29, 0.717) is 23.3 Å². The van der Waals surface area contributed by atoms with Gasteiger partial charge in [0.2, 0.25) is 5.91 Å². The first-order valence-corrected chi connectivity index (χ1v) is 6.47. The molecule has 0 spiro atoms. The normalized spacial score (nSPS) is 19.9. The zero-order chi connectivity index (χ0) is 13.1. The third kappa shape index (κ3) is 3.32. The highest BCUT2D eigenvalue weighted by molar-refractivity contribution is 6.29. The third-order valence-corrected chi connectivity index (χ3v) is 3.32. The van der Waals surface area contributed by atoms with Crippen LogP contribution in [-0.2, 0) is 4.79 Å². The quantitative estimate of drug-likeness (QED) is 0.844. The second-order valence-electron chi connectivity index (χ2n) is 4.72. The Balaban J connectivity index is 2.10. The summed E-state index contributed by atoms with van der Waals surface area (Å²) in [6.45, 7) is 3.55. The number of nitrogens with zero attached hydrogens (tertiary/aromatic N) is 3. The lowest BCUT2D eigenvalue weighted by atomic mass is 9.94. The number of carbonyl (C=O) groups excluding carboxylic acids is 1. The minimum absolute atomic E-state index is 0.237. The van der Waals surface area contributed by atoms with Crippen molar-refractivity contribution in [3.63, 3.8) is 0 Å². The molecular formula is C12H17ClN4O. The summed E-state index contributed by atoms with van der Waals surface area (Å²) < 4.78 is 0. The monoisotopic (exact) mass is 268 g/mol. The molecule has 1 fully saturated rings. The molecule has 18 heavy (non-hydrogen) atoms. The molecule has 0 aliphatic carbocycles. The Labute approximate surface area is 111 Å². The van der Waals surface area contributed by atoms with Crippen LogP contribution in [0.5, 0.6) is 0 Å². The van der Waals surface area contributed by atoms with E-state index in [9.17, 15) is 4.79 Å². The molecule has 0 radical (unpaired) electrons. The molecule has 1 amide bonds. The van der Waals surface area contributed by atoms with Crippen LogP contribution < -0.4 is 10.6 Å². The second kappa shape index (κ2) is 5.52. The number of nitrogens with two attached hydrogens (primary N) is 1. The number of primary amides is 1. The minimum Gasteiger partial charge on any atom is -0.370 e. The van der Waals surface area contributed by atoms with Crippen LogP contribution in [0.15, 0.2) is 6.07 Å². The number of halogens is 1. The first kappa shape index (κ1) is 13.1. The standard InChI is InChI=1S/C12H17ClN4O/c1-8-15-10(13)6-12(16-8)17-4-2-3-9(7-17)5-11(14)18/h6,9H,2-5,7H2,1H3,(H2,14,18). The largest absolute Gasteiger partial charge is 0.370 e. The summed E-state index contributed by atoms with van der Waals surface area (Å²) in [6, 6.07) is 1.77. The Hall–Kier alpha value is -1.36. The van der Waals surface area contributed by atoms with Crippen molar-refractivity contribution in [2.24, 2.45) is 11.7 Å². The van der Waals surface area contributed by atoms with Crippen LogP contribution in [0.2, 0.25) is 5.15 Å². The predicted molar refractivity (Wildman–Crippen MR) is 70.5 cm³/mol. The van der Waals surface area contributed by atoms with Gasteiger partial charge in [-0.05, 0) is 25.7 Å². The highest BCUT2D eigenvalue weighted by atomic mass is 35.5. The van der Waals surface area contributed by atoms with Crippen molar-refractivity contribution < 1.29 is 4.79 Å². The molecule has 0 aromatic carbocycles. The molecule has 2 N–H and O–H groups in total. The highest BCUT2D eigenvalue weighted by Gasteiger charge is 2.22. The molecule has 5 nitrogen and oxygen atoms in total. The lowest BCUT2D eigenvalue weighted by Crippen LogP contribution is -2.37. The molecule has 1 aromatic heterocycles. The average molecular weight is 269 g/mol. The summed E-state index contributed by atoms with van der Waals surface area (Å²) in [7, 11) is 0. The summed E-state index contributed by atoms with van der Waals surface area (Å²) in [5.41, 5.74) is 5.25. The molecule has 98 valence electrons. The molecule has 1 aromatic rings. The molecule has 2 heterocycles. The van der Waals surface area contributed by atoms with Gasteiger partial charge in [-0.15, -0.1) is 0 Å². The molecule has 1 atom stereocenters. The van der Waals surface area contributed by atoms with E-state index in [-0.39, 0.29) is 5.91 Å². The van der Waals surface area contributed by atoms with E-state index in [4.69, 9.17) is 17.3 Å². The zero-order valence-electron chi connectivity index (χ0n) is 10.4. The zero-order valence-corrected chi connectivity index (χ0v) is 11.2. The van der Waals surface area contributed by atoms with Gasteiger partial charge >= 0.3 is 0 Å². The van der Waals surface area contributed by atoms with Gasteiger partial charge in [0.25, 0.3) is 0 Å². The lowest BCUT2D eigenvalue weighted by Gasteiger charge is -2.33. The van der Waals surface area contributed by atoms with Gasteiger partial charge in [-0.25, -0.2) is 9.97 Å². The lowest BCUT2D eigenvalue weighted by molar-refractivity contribution is -0.118. The number of hydrogen-bond acceptors (Lipinski definition) is 4. The Bertz CT molecular complexity index is 431. The van der Waals surface area contributed by atoms with Crippen LogP contribution in [0.25, 0.3) is 0 Å². The molecule has 1 aliphatic heterocycles. The Kier molecular flexibility index (Phi) is 4.01. The molecule has 1 aliphatic rings. The number of hydrogen-bond donors (Lipinski definition) is 1. The first-order valence-electron chi connectivity index (χ1n) is 6.09. The van der Waals surface area contributed by atoms with Crippen molar-refractivity contribution in [3.8, 4) is 0 Å². The van der Waals surface area contributed by atoms with E-state index in [2.05, 4.69) is 14.9 Å². The fourth-order valence-electron chi connectivity index (χ4n) is 2.40. The Morgan fingerprint density at radius 1 is 1.61 bits per heavy atom. The number of aryl methyl sites for hydroxylation is 1. The number of piperidine rings is 1. The molecule has 0 saturated carbocycles. The summed E-state index contributed by atoms with van der Waals surface area (Å²) in [6.07, 6.45) is 2.52. The fraction of sp³-hybridized carbons (Fsp3) is 0.583. The summed E-state index contributed by atoms with van der Waals surface area (Å²) >= 11 is 5.94. The van der Waals surface area contributed by atoms with E-state index in [1.54, 1.807) is 6.07 Å². The van der Waals surface area contributed by atoms with Crippen LogP contribution in [0.4, 0.5) is 5.82 Å². The van der Waals surface area contributed by atoms with Crippen LogP contribution in [0.1, 0.15) is 25.1 Å². The van der Waals surface area contributed by atoms with Crippen molar-refractivity contribution >= 4 is 23.3 Å². The van der Waals surface area contributed by atoms with Gasteiger partial charge < -0.3 is 10.6 Å². The molecular weight excluding hydrogens is 252 g/mol. The molecule has 0 bridgehead atoms. The van der Waals surface area contributed by atoms with Crippen molar-refractivity contribution in [2.45, 2.75) is 26.2 Å². The smallest absolute Gasteiger partial charge is 0.217 e. The maximum Gasteiger partial charge on any atom is 0.217 e. The topological polar surface area (TPSA) is 72.1 Å². The maximum atomic E-state index is 11.0. The SMILES string of the molecule is Cc1nc(Cl)cc(N2CCCC(CC(N)=O)C2)n1. The van der Waals surface area contributed by atoms with E-state index >= 15 is 0 Å². The highest BCUT2D eigenvalue weighted by Crippen LogP contribution is 2.24. The van der Waals surface area contributed by atoms with Crippen LogP contribution in [0, 0.1) is 12.8 Å². The number of aromatic nitrogens is 2. The summed E-state index contributed by atoms with van der Waals surface area (Å²) in [5, 5.41) is 0.453.